The predicted octanol–water partition coefficient (Wildman–Crippen LogP) is 4.03. The maximum Gasteiger partial charge on any atom is 0.347 e. The molecule has 1 heterocycles. The number of nitrogens with one attached hydrogen (secondary N) is 1. The van der Waals surface area contributed by atoms with Crippen LogP contribution in [0.5, 0.6) is 5.75 Å². The van der Waals surface area contributed by atoms with Crippen LogP contribution in [0.2, 0.25) is 10.0 Å². The highest BCUT2D eigenvalue weighted by Gasteiger charge is 2.24. The molecule has 0 aliphatic rings. The van der Waals surface area contributed by atoms with Crippen LogP contribution in [0, 0.1) is 6.92 Å². The number of amides is 1. The smallest absolute Gasteiger partial charge is 0.347 e. The summed E-state index contributed by atoms with van der Waals surface area (Å²) in [6, 6.07) is 8.72. The van der Waals surface area contributed by atoms with Crippen molar-refractivity contribution in [3.05, 3.63) is 52.1 Å². The predicted molar refractivity (Wildman–Crippen MR) is 99.7 cm³/mol. The Kier molecular flexibility index (Phi) is 6.83. The molecule has 1 N–H and O–H groups in total. The molecule has 2 aromatic rings. The molecule has 0 unspecified atom stereocenters. The lowest BCUT2D eigenvalue weighted by molar-refractivity contribution is -0.159. The first-order chi connectivity index (χ1) is 12.3. The van der Waals surface area contributed by atoms with E-state index in [4.69, 9.17) is 32.7 Å². The third-order valence-corrected chi connectivity index (χ3v) is 3.84. The fraction of sp³-hybridized carbons (Fsp3) is 0.278. The lowest BCUT2D eigenvalue weighted by Crippen LogP contribution is -2.35. The van der Waals surface area contributed by atoms with Gasteiger partial charge >= 0.3 is 5.97 Å². The number of esters is 1. The molecule has 2 atom stereocenters. The highest BCUT2D eigenvalue weighted by Crippen LogP contribution is 2.22. The molecule has 0 aliphatic carbocycles. The minimum Gasteiger partial charge on any atom is -0.479 e. The lowest BCUT2D eigenvalue weighted by Gasteiger charge is -2.18. The highest BCUT2D eigenvalue weighted by molar-refractivity contribution is 6.36. The van der Waals surface area contributed by atoms with Gasteiger partial charge in [-0.25, -0.2) is 9.78 Å². The second-order valence-corrected chi connectivity index (χ2v) is 6.47. The Balaban J connectivity index is 1.91. The zero-order valence-electron chi connectivity index (χ0n) is 14.5. The first kappa shape index (κ1) is 20.0. The van der Waals surface area contributed by atoms with Crippen molar-refractivity contribution in [2.75, 3.05) is 5.32 Å². The third kappa shape index (κ3) is 5.61. The summed E-state index contributed by atoms with van der Waals surface area (Å²) in [6.45, 7) is 4.90. The van der Waals surface area contributed by atoms with Gasteiger partial charge in [0.15, 0.2) is 18.0 Å². The van der Waals surface area contributed by atoms with Gasteiger partial charge in [-0.2, -0.15) is 0 Å². The van der Waals surface area contributed by atoms with Crippen molar-refractivity contribution in [3.8, 4) is 5.75 Å². The quantitative estimate of drug-likeness (QED) is 0.745. The number of carbonyl (C=O) groups is 2. The number of anilines is 1. The Morgan fingerprint density at radius 1 is 1.15 bits per heavy atom. The van der Waals surface area contributed by atoms with E-state index < -0.39 is 24.1 Å². The summed E-state index contributed by atoms with van der Waals surface area (Å²) >= 11 is 11.7. The topological polar surface area (TPSA) is 77.5 Å². The van der Waals surface area contributed by atoms with E-state index in [9.17, 15) is 9.59 Å². The van der Waals surface area contributed by atoms with E-state index in [1.54, 1.807) is 19.1 Å². The van der Waals surface area contributed by atoms with Crippen LogP contribution in [0.1, 0.15) is 19.4 Å². The molecule has 138 valence electrons. The van der Waals surface area contributed by atoms with E-state index in [0.29, 0.717) is 10.8 Å². The van der Waals surface area contributed by atoms with Gasteiger partial charge in [-0.05, 0) is 44.5 Å². The summed E-state index contributed by atoms with van der Waals surface area (Å²) in [6.07, 6.45) is -0.582. The van der Waals surface area contributed by atoms with E-state index in [0.717, 1.165) is 5.56 Å². The van der Waals surface area contributed by atoms with Crippen LogP contribution < -0.4 is 10.1 Å². The van der Waals surface area contributed by atoms with E-state index in [-0.39, 0.29) is 10.8 Å². The molecule has 1 amide bonds. The van der Waals surface area contributed by atoms with E-state index in [1.165, 1.54) is 19.2 Å². The number of hydrogen-bond acceptors (Lipinski definition) is 5. The summed E-state index contributed by atoms with van der Waals surface area (Å²) in [5.74, 6) is -0.557. The SMILES string of the molecule is Cc1cccc(O[C@H](C)C(=O)O[C@@H](C)C(=O)Nc2ncc(Cl)cc2Cl)c1. The number of nitrogens with zero attached hydrogens (tertiary/aromatic N) is 1. The van der Waals surface area contributed by atoms with Crippen molar-refractivity contribution in [3.63, 3.8) is 0 Å². The number of halogens is 2. The molecule has 0 aliphatic heterocycles. The largest absolute Gasteiger partial charge is 0.479 e. The van der Waals surface area contributed by atoms with Gasteiger partial charge in [0.05, 0.1) is 10.0 Å². The van der Waals surface area contributed by atoms with Crippen molar-refractivity contribution < 1.29 is 19.1 Å². The average molecular weight is 397 g/mol. The van der Waals surface area contributed by atoms with Gasteiger partial charge in [0.25, 0.3) is 5.91 Å². The molecule has 0 fully saturated rings. The van der Waals surface area contributed by atoms with Crippen molar-refractivity contribution in [1.29, 1.82) is 0 Å². The minimum atomic E-state index is -1.06. The Morgan fingerprint density at radius 2 is 1.88 bits per heavy atom. The average Bonchev–Trinajstić information content (AvgIpc) is 2.57. The Hall–Kier alpha value is -2.31. The minimum absolute atomic E-state index is 0.132. The summed E-state index contributed by atoms with van der Waals surface area (Å²) in [5, 5.41) is 3.00. The fourth-order valence-electron chi connectivity index (χ4n) is 1.99. The molecule has 0 radical (unpaired) electrons. The van der Waals surface area contributed by atoms with Crippen molar-refractivity contribution in [1.82, 2.24) is 4.98 Å². The molecule has 0 bridgehead atoms. The number of rotatable bonds is 6. The second kappa shape index (κ2) is 8.87. The number of benzene rings is 1. The molecule has 2 rings (SSSR count). The zero-order chi connectivity index (χ0) is 19.3. The van der Waals surface area contributed by atoms with Gasteiger partial charge in [0.2, 0.25) is 0 Å². The molecule has 6 nitrogen and oxygen atoms in total. The number of hydrogen-bond donors (Lipinski definition) is 1. The maximum atomic E-state index is 12.1. The number of aromatic nitrogens is 1. The van der Waals surface area contributed by atoms with Crippen LogP contribution in [-0.4, -0.2) is 29.1 Å². The first-order valence-corrected chi connectivity index (χ1v) is 8.57. The molecule has 1 aromatic heterocycles. The molecule has 8 heteroatoms. The first-order valence-electron chi connectivity index (χ1n) is 7.82. The summed E-state index contributed by atoms with van der Waals surface area (Å²) < 4.78 is 10.7. The molecule has 0 saturated heterocycles. The van der Waals surface area contributed by atoms with Gasteiger partial charge in [0, 0.05) is 6.20 Å². The molecular weight excluding hydrogens is 379 g/mol. The Morgan fingerprint density at radius 3 is 2.54 bits per heavy atom. The molecule has 0 spiro atoms. The summed E-state index contributed by atoms with van der Waals surface area (Å²) in [4.78, 5) is 28.2. The lowest BCUT2D eigenvalue weighted by atomic mass is 10.2. The third-order valence-electron chi connectivity index (χ3n) is 3.35. The Labute approximate surface area is 161 Å². The van der Waals surface area contributed by atoms with Gasteiger partial charge in [-0.15, -0.1) is 0 Å². The van der Waals surface area contributed by atoms with Crippen molar-refractivity contribution >= 4 is 40.9 Å². The van der Waals surface area contributed by atoms with Gasteiger partial charge < -0.3 is 14.8 Å². The van der Waals surface area contributed by atoms with Gasteiger partial charge in [-0.3, -0.25) is 4.79 Å². The highest BCUT2D eigenvalue weighted by atomic mass is 35.5. The second-order valence-electron chi connectivity index (χ2n) is 5.63. The monoisotopic (exact) mass is 396 g/mol. The Bertz CT molecular complexity index is 814. The van der Waals surface area contributed by atoms with Gasteiger partial charge in [-0.1, -0.05) is 35.3 Å². The van der Waals surface area contributed by atoms with Crippen molar-refractivity contribution in [2.45, 2.75) is 33.0 Å². The van der Waals surface area contributed by atoms with Crippen molar-refractivity contribution in [2.24, 2.45) is 0 Å². The van der Waals surface area contributed by atoms with Crippen LogP contribution in [0.15, 0.2) is 36.5 Å². The molecule has 1 aromatic carbocycles. The number of pyridine rings is 1. The van der Waals surface area contributed by atoms with Gasteiger partial charge in [0.1, 0.15) is 5.75 Å². The van der Waals surface area contributed by atoms with E-state index in [2.05, 4.69) is 10.3 Å². The number of aryl methyl sites for hydroxylation is 1. The summed E-state index contributed by atoms with van der Waals surface area (Å²) in [7, 11) is 0. The van der Waals surface area contributed by atoms with Crippen LogP contribution in [0.4, 0.5) is 5.82 Å². The zero-order valence-corrected chi connectivity index (χ0v) is 16.0. The van der Waals surface area contributed by atoms with E-state index in [1.807, 2.05) is 19.1 Å². The standard InChI is InChI=1S/C18H18Cl2N2O4/c1-10-5-4-6-14(7-10)25-12(3)18(24)26-11(2)17(23)22-16-15(20)8-13(19)9-21-16/h4-9,11-12H,1-3H3,(H,21,22,23)/t11-,12+/m0/s1. The van der Waals surface area contributed by atoms with Crippen LogP contribution >= 0.6 is 23.2 Å². The maximum absolute atomic E-state index is 12.1. The number of ether oxygens (including phenoxy) is 2. The normalized spacial score (nSPS) is 12.8. The number of carbonyl (C=O) groups excluding carboxylic acids is 2. The fourth-order valence-corrected chi connectivity index (χ4v) is 2.42. The molecule has 0 saturated carbocycles. The molecule has 26 heavy (non-hydrogen) atoms. The van der Waals surface area contributed by atoms with Crippen LogP contribution in [-0.2, 0) is 14.3 Å². The van der Waals surface area contributed by atoms with Crippen LogP contribution in [0.25, 0.3) is 0 Å². The molecular formula is C18H18Cl2N2O4. The summed E-state index contributed by atoms with van der Waals surface area (Å²) in [5.41, 5.74) is 1.00. The van der Waals surface area contributed by atoms with Crippen LogP contribution in [0.3, 0.4) is 0 Å². The van der Waals surface area contributed by atoms with E-state index >= 15 is 0 Å².